The molecule has 0 aliphatic rings. The molecule has 0 saturated heterocycles. The van der Waals surface area contributed by atoms with E-state index in [2.05, 4.69) is 9.93 Å². The summed E-state index contributed by atoms with van der Waals surface area (Å²) in [7, 11) is -3.62. The molecule has 0 aliphatic carbocycles. The van der Waals surface area contributed by atoms with Gasteiger partial charge in [0.25, 0.3) is 10.0 Å². The van der Waals surface area contributed by atoms with Crippen molar-refractivity contribution in [1.29, 1.82) is 0 Å². The van der Waals surface area contributed by atoms with E-state index in [4.69, 9.17) is 0 Å². The smallest absolute Gasteiger partial charge is 0.200 e. The van der Waals surface area contributed by atoms with Crippen LogP contribution in [0.5, 0.6) is 0 Å². The van der Waals surface area contributed by atoms with Crippen molar-refractivity contribution in [3.05, 3.63) is 64.7 Å². The van der Waals surface area contributed by atoms with Gasteiger partial charge < -0.3 is 0 Å². The number of sulfonamides is 1. The second-order valence-corrected chi connectivity index (χ2v) is 6.69. The van der Waals surface area contributed by atoms with Gasteiger partial charge in [0.05, 0.1) is 11.1 Å². The summed E-state index contributed by atoms with van der Waals surface area (Å²) in [4.78, 5) is 2.43. The van der Waals surface area contributed by atoms with Gasteiger partial charge in [0.1, 0.15) is 0 Å². The van der Waals surface area contributed by atoms with Gasteiger partial charge in [-0.2, -0.15) is 13.5 Å². The zero-order chi connectivity index (χ0) is 15.5. The fourth-order valence-corrected chi connectivity index (χ4v) is 2.70. The molecule has 0 fully saturated rings. The Kier molecular flexibility index (Phi) is 4.43. The lowest BCUT2D eigenvalue weighted by Crippen LogP contribution is -2.18. The predicted molar refractivity (Wildman–Crippen MR) is 85.0 cm³/mol. The molecule has 0 amide bonds. The highest BCUT2D eigenvalue weighted by atomic mass is 32.2. The first-order valence-corrected chi connectivity index (χ1v) is 8.05. The second-order valence-electron chi connectivity index (χ2n) is 5.03. The summed E-state index contributed by atoms with van der Waals surface area (Å²) < 4.78 is 24.1. The van der Waals surface area contributed by atoms with Crippen molar-refractivity contribution in [2.24, 2.45) is 5.10 Å². The monoisotopic (exact) mass is 302 g/mol. The van der Waals surface area contributed by atoms with E-state index >= 15 is 0 Å². The van der Waals surface area contributed by atoms with Crippen molar-refractivity contribution >= 4 is 16.2 Å². The summed E-state index contributed by atoms with van der Waals surface area (Å²) >= 11 is 0. The first-order chi connectivity index (χ1) is 9.88. The molecule has 4 nitrogen and oxygen atoms in total. The number of aryl methyl sites for hydroxylation is 3. The number of hydrogen-bond donors (Lipinski definition) is 1. The lowest BCUT2D eigenvalue weighted by molar-refractivity contribution is 0.584. The fourth-order valence-electron chi connectivity index (χ4n) is 1.91. The van der Waals surface area contributed by atoms with Crippen LogP contribution >= 0.6 is 0 Å². The van der Waals surface area contributed by atoms with Gasteiger partial charge in [-0.05, 0) is 44.0 Å². The quantitative estimate of drug-likeness (QED) is 0.697. The molecule has 0 atom stereocenters. The zero-order valence-electron chi connectivity index (χ0n) is 12.3. The highest BCUT2D eigenvalue weighted by Gasteiger charge is 2.11. The largest absolute Gasteiger partial charge is 0.276 e. The van der Waals surface area contributed by atoms with Gasteiger partial charge in [0.2, 0.25) is 0 Å². The average Bonchev–Trinajstić information content (AvgIpc) is 2.41. The van der Waals surface area contributed by atoms with Gasteiger partial charge in [-0.3, -0.25) is 0 Å². The van der Waals surface area contributed by atoms with Crippen LogP contribution in [0.2, 0.25) is 0 Å². The van der Waals surface area contributed by atoms with E-state index in [0.717, 1.165) is 22.3 Å². The maximum atomic E-state index is 12.0. The molecule has 0 aliphatic heterocycles. The van der Waals surface area contributed by atoms with Crippen LogP contribution in [0, 0.1) is 20.8 Å². The lowest BCUT2D eigenvalue weighted by atomic mass is 10.1. The Morgan fingerprint density at radius 2 is 1.57 bits per heavy atom. The average molecular weight is 302 g/mol. The van der Waals surface area contributed by atoms with Gasteiger partial charge in [0, 0.05) is 0 Å². The Morgan fingerprint density at radius 3 is 2.19 bits per heavy atom. The highest BCUT2D eigenvalue weighted by Crippen LogP contribution is 2.10. The molecule has 0 radical (unpaired) electrons. The van der Waals surface area contributed by atoms with E-state index in [9.17, 15) is 8.42 Å². The van der Waals surface area contributed by atoms with E-state index in [-0.39, 0.29) is 4.90 Å². The number of nitrogens with one attached hydrogen (secondary N) is 1. The number of rotatable bonds is 4. The van der Waals surface area contributed by atoms with E-state index in [1.807, 2.05) is 39.0 Å². The van der Waals surface area contributed by atoms with Crippen molar-refractivity contribution in [3.8, 4) is 0 Å². The molecule has 0 bridgehead atoms. The summed E-state index contributed by atoms with van der Waals surface area (Å²) in [6.45, 7) is 5.87. The third-order valence-corrected chi connectivity index (χ3v) is 4.37. The fraction of sp³-hybridized carbons (Fsp3) is 0.188. The minimum atomic E-state index is -3.62. The van der Waals surface area contributed by atoms with Crippen molar-refractivity contribution in [2.45, 2.75) is 25.7 Å². The van der Waals surface area contributed by atoms with Gasteiger partial charge in [-0.15, -0.1) is 0 Å². The minimum absolute atomic E-state index is 0.200. The van der Waals surface area contributed by atoms with Gasteiger partial charge in [0.15, 0.2) is 0 Å². The predicted octanol–water partition coefficient (Wildman–Crippen LogP) is 2.92. The lowest BCUT2D eigenvalue weighted by Gasteiger charge is -2.04. The van der Waals surface area contributed by atoms with Crippen LogP contribution in [0.25, 0.3) is 0 Å². The Bertz CT molecular complexity index is 763. The van der Waals surface area contributed by atoms with Crippen molar-refractivity contribution in [2.75, 3.05) is 0 Å². The zero-order valence-corrected chi connectivity index (χ0v) is 13.1. The molecule has 0 aromatic heterocycles. The third kappa shape index (κ3) is 3.92. The van der Waals surface area contributed by atoms with Crippen LogP contribution in [0.4, 0.5) is 0 Å². The molecule has 0 heterocycles. The normalized spacial score (nSPS) is 11.8. The Labute approximate surface area is 125 Å². The van der Waals surface area contributed by atoms with Crippen LogP contribution in [-0.2, 0) is 10.0 Å². The van der Waals surface area contributed by atoms with Crippen LogP contribution in [0.1, 0.15) is 22.3 Å². The molecule has 2 rings (SSSR count). The maximum Gasteiger partial charge on any atom is 0.276 e. The highest BCUT2D eigenvalue weighted by molar-refractivity contribution is 7.89. The molecule has 5 heteroatoms. The molecular weight excluding hydrogens is 284 g/mol. The summed E-state index contributed by atoms with van der Waals surface area (Å²) in [6, 6.07) is 12.5. The van der Waals surface area contributed by atoms with Crippen molar-refractivity contribution in [1.82, 2.24) is 4.83 Å². The number of hydrogen-bond acceptors (Lipinski definition) is 3. The molecule has 0 spiro atoms. The summed E-state index contributed by atoms with van der Waals surface area (Å²) in [5.41, 5.74) is 4.10. The summed E-state index contributed by atoms with van der Waals surface area (Å²) in [6.07, 6.45) is 1.51. The first kappa shape index (κ1) is 15.3. The molecule has 21 heavy (non-hydrogen) atoms. The van der Waals surface area contributed by atoms with Crippen molar-refractivity contribution in [3.63, 3.8) is 0 Å². The molecule has 0 unspecified atom stereocenters. The number of nitrogens with zero attached hydrogens (tertiary/aromatic N) is 1. The molecule has 0 saturated carbocycles. The minimum Gasteiger partial charge on any atom is -0.200 e. The second kappa shape index (κ2) is 6.10. The molecule has 110 valence electrons. The third-order valence-electron chi connectivity index (χ3n) is 3.13. The van der Waals surface area contributed by atoms with Gasteiger partial charge >= 0.3 is 0 Å². The van der Waals surface area contributed by atoms with E-state index in [1.54, 1.807) is 24.3 Å². The van der Waals surface area contributed by atoms with Gasteiger partial charge in [-0.25, -0.2) is 4.83 Å². The topological polar surface area (TPSA) is 58.5 Å². The number of benzene rings is 2. The first-order valence-electron chi connectivity index (χ1n) is 6.57. The molecular formula is C16H18N2O2S. The molecule has 2 aromatic carbocycles. The SMILES string of the molecule is Cc1ccc(S(=O)(=O)NN=Cc2ccc(C)cc2C)cc1. The standard InChI is InChI=1S/C16H18N2O2S/c1-12-5-8-16(9-6-12)21(19,20)18-17-11-15-7-4-13(2)10-14(15)3/h4-11,18H,1-3H3. The van der Waals surface area contributed by atoms with Crippen LogP contribution < -0.4 is 4.83 Å². The van der Waals surface area contributed by atoms with Crippen molar-refractivity contribution < 1.29 is 8.42 Å². The van der Waals surface area contributed by atoms with Crippen LogP contribution in [0.3, 0.4) is 0 Å². The van der Waals surface area contributed by atoms with Crippen LogP contribution in [0.15, 0.2) is 52.5 Å². The Morgan fingerprint density at radius 1 is 0.952 bits per heavy atom. The summed E-state index contributed by atoms with van der Waals surface area (Å²) in [5.74, 6) is 0. The number of hydrazone groups is 1. The maximum absolute atomic E-state index is 12.0. The Hall–Kier alpha value is -2.14. The Balaban J connectivity index is 2.14. The molecule has 1 N–H and O–H groups in total. The van der Waals surface area contributed by atoms with E-state index < -0.39 is 10.0 Å². The van der Waals surface area contributed by atoms with E-state index in [1.165, 1.54) is 6.21 Å². The van der Waals surface area contributed by atoms with Crippen LogP contribution in [-0.4, -0.2) is 14.6 Å². The summed E-state index contributed by atoms with van der Waals surface area (Å²) in [5, 5.41) is 3.84. The van der Waals surface area contributed by atoms with Gasteiger partial charge in [-0.1, -0.05) is 41.5 Å². The molecule has 2 aromatic rings. The van der Waals surface area contributed by atoms with E-state index in [0.29, 0.717) is 0 Å².